The smallest absolute Gasteiger partial charge is 0.349 e. The van der Waals surface area contributed by atoms with Gasteiger partial charge in [-0.1, -0.05) is 35.0 Å². The first-order chi connectivity index (χ1) is 12.5. The molecule has 0 saturated heterocycles. The molecular weight excluding hydrogens is 398 g/mol. The summed E-state index contributed by atoms with van der Waals surface area (Å²) in [7, 11) is 0. The van der Waals surface area contributed by atoms with Gasteiger partial charge < -0.3 is 9.72 Å². The molecule has 3 rings (SSSR count). The number of para-hydroxylation sites is 1. The molecule has 26 heavy (non-hydrogen) atoms. The van der Waals surface area contributed by atoms with Crippen molar-refractivity contribution in [2.75, 3.05) is 0 Å². The van der Waals surface area contributed by atoms with Gasteiger partial charge in [0.25, 0.3) is 5.56 Å². The second kappa shape index (κ2) is 7.70. The molecule has 0 fully saturated rings. The van der Waals surface area contributed by atoms with Crippen LogP contribution in [0.1, 0.15) is 25.8 Å². The van der Waals surface area contributed by atoms with Crippen molar-refractivity contribution in [2.24, 2.45) is 5.10 Å². The van der Waals surface area contributed by atoms with Crippen LogP contribution in [0.4, 0.5) is 0 Å². The number of ether oxygens (including phenoxy) is 1. The first kappa shape index (κ1) is 18.1. The lowest BCUT2D eigenvalue weighted by molar-refractivity contribution is 0.217. The number of H-pyrrole nitrogens is 1. The van der Waals surface area contributed by atoms with Crippen LogP contribution in [-0.2, 0) is 0 Å². The van der Waals surface area contributed by atoms with Crippen molar-refractivity contribution in [3.8, 4) is 5.75 Å². The lowest BCUT2D eigenvalue weighted by Crippen LogP contribution is -2.32. The molecule has 134 valence electrons. The molecule has 0 spiro atoms. The maximum Gasteiger partial charge on any atom is 0.349 e. The van der Waals surface area contributed by atoms with Gasteiger partial charge in [0.15, 0.2) is 0 Å². The van der Waals surface area contributed by atoms with Crippen molar-refractivity contribution in [3.63, 3.8) is 0 Å². The third-order valence-electron chi connectivity index (χ3n) is 3.97. The highest BCUT2D eigenvalue weighted by Gasteiger charge is 2.09. The van der Waals surface area contributed by atoms with E-state index in [1.165, 1.54) is 6.21 Å². The molecule has 0 bridgehead atoms. The van der Waals surface area contributed by atoms with E-state index in [9.17, 15) is 9.59 Å². The number of benzene rings is 2. The maximum absolute atomic E-state index is 12.5. The lowest BCUT2D eigenvalue weighted by Gasteiger charge is -2.14. The van der Waals surface area contributed by atoms with Crippen molar-refractivity contribution in [3.05, 3.63) is 73.3 Å². The van der Waals surface area contributed by atoms with Gasteiger partial charge in [0, 0.05) is 10.0 Å². The van der Waals surface area contributed by atoms with E-state index in [2.05, 4.69) is 26.0 Å². The molecular formula is C19H18BrN3O3. The topological polar surface area (TPSA) is 76.5 Å². The Labute approximate surface area is 158 Å². The van der Waals surface area contributed by atoms with Crippen LogP contribution in [0.3, 0.4) is 0 Å². The lowest BCUT2D eigenvalue weighted by atomic mass is 10.2. The molecule has 0 saturated carbocycles. The Bertz CT molecular complexity index is 1090. The van der Waals surface area contributed by atoms with Crippen LogP contribution in [-0.4, -0.2) is 22.0 Å². The number of nitrogens with one attached hydrogen (secondary N) is 1. The fourth-order valence-corrected chi connectivity index (χ4v) is 2.78. The molecule has 1 atom stereocenters. The molecule has 6 nitrogen and oxygen atoms in total. The minimum absolute atomic E-state index is 0.0371. The van der Waals surface area contributed by atoms with Crippen molar-refractivity contribution in [1.29, 1.82) is 0 Å². The second-order valence-electron chi connectivity index (χ2n) is 5.86. The van der Waals surface area contributed by atoms with Gasteiger partial charge in [-0.05, 0) is 43.7 Å². The Morgan fingerprint density at radius 3 is 2.81 bits per heavy atom. The predicted molar refractivity (Wildman–Crippen MR) is 106 cm³/mol. The van der Waals surface area contributed by atoms with Gasteiger partial charge in [-0.25, -0.2) is 4.79 Å². The third-order valence-corrected chi connectivity index (χ3v) is 4.46. The van der Waals surface area contributed by atoms with Gasteiger partial charge >= 0.3 is 5.69 Å². The average molecular weight is 416 g/mol. The van der Waals surface area contributed by atoms with Crippen molar-refractivity contribution >= 4 is 33.0 Å². The standard InChI is InChI=1S/C19H18BrN3O3/c1-3-12(2)26-17-9-8-14(20)10-13(17)11-21-23-18(24)15-6-4-5-7-16(15)22-19(23)25/h4-12H,3H2,1-2H3,(H,22,25)/t12-/m1/s1. The maximum atomic E-state index is 12.5. The summed E-state index contributed by atoms with van der Waals surface area (Å²) in [6.45, 7) is 4.01. The first-order valence-electron chi connectivity index (χ1n) is 8.24. The normalized spacial score (nSPS) is 12.6. The highest BCUT2D eigenvalue weighted by atomic mass is 79.9. The van der Waals surface area contributed by atoms with Gasteiger partial charge in [0.05, 0.1) is 23.2 Å². The molecule has 0 aliphatic heterocycles. The van der Waals surface area contributed by atoms with E-state index >= 15 is 0 Å². The molecule has 3 aromatic rings. The number of fused-ring (bicyclic) bond motifs is 1. The molecule has 0 aliphatic rings. The van der Waals surface area contributed by atoms with Crippen LogP contribution < -0.4 is 16.0 Å². The highest BCUT2D eigenvalue weighted by Crippen LogP contribution is 2.23. The molecule has 1 heterocycles. The number of nitrogens with zero attached hydrogens (tertiary/aromatic N) is 2. The fraction of sp³-hybridized carbons (Fsp3) is 0.211. The molecule has 1 N–H and O–H groups in total. The highest BCUT2D eigenvalue weighted by molar-refractivity contribution is 9.10. The van der Waals surface area contributed by atoms with E-state index in [0.29, 0.717) is 22.2 Å². The Hall–Kier alpha value is -2.67. The monoisotopic (exact) mass is 415 g/mol. The zero-order valence-corrected chi connectivity index (χ0v) is 16.0. The summed E-state index contributed by atoms with van der Waals surface area (Å²) >= 11 is 3.41. The number of aromatic nitrogens is 2. The molecule has 0 aliphatic carbocycles. The summed E-state index contributed by atoms with van der Waals surface area (Å²) in [6, 6.07) is 12.3. The van der Waals surface area contributed by atoms with E-state index in [1.807, 2.05) is 32.0 Å². The Morgan fingerprint density at radius 2 is 2.04 bits per heavy atom. The third kappa shape index (κ3) is 3.77. The van der Waals surface area contributed by atoms with Crippen LogP contribution in [0.5, 0.6) is 5.75 Å². The van der Waals surface area contributed by atoms with Crippen LogP contribution in [0.2, 0.25) is 0 Å². The van der Waals surface area contributed by atoms with Crippen molar-refractivity contribution in [1.82, 2.24) is 9.66 Å². The van der Waals surface area contributed by atoms with Crippen molar-refractivity contribution in [2.45, 2.75) is 26.4 Å². The summed E-state index contributed by atoms with van der Waals surface area (Å²) in [5.41, 5.74) is 0.0839. The van der Waals surface area contributed by atoms with Gasteiger partial charge in [-0.2, -0.15) is 5.10 Å². The number of hydrogen-bond acceptors (Lipinski definition) is 4. The Morgan fingerprint density at radius 1 is 1.27 bits per heavy atom. The summed E-state index contributed by atoms with van der Waals surface area (Å²) in [5.74, 6) is 0.636. The summed E-state index contributed by atoms with van der Waals surface area (Å²) in [6.07, 6.45) is 2.35. The van der Waals surface area contributed by atoms with Crippen molar-refractivity contribution < 1.29 is 4.74 Å². The number of hydrogen-bond donors (Lipinski definition) is 1. The largest absolute Gasteiger partial charge is 0.490 e. The Kier molecular flexibility index (Phi) is 5.37. The summed E-state index contributed by atoms with van der Waals surface area (Å²) in [5, 5.41) is 4.49. The molecule has 0 amide bonds. The Balaban J connectivity index is 2.06. The first-order valence-corrected chi connectivity index (χ1v) is 9.03. The SMILES string of the molecule is CC[C@@H](C)Oc1ccc(Br)cc1C=Nn1c(=O)[nH]c2ccccc2c1=O. The zero-order chi connectivity index (χ0) is 18.7. The van der Waals surface area contributed by atoms with E-state index in [4.69, 9.17) is 4.74 Å². The van der Waals surface area contributed by atoms with Crippen LogP contribution >= 0.6 is 15.9 Å². The number of rotatable bonds is 5. The predicted octanol–water partition coefficient (Wildman–Crippen LogP) is 3.51. The number of halogens is 1. The molecule has 2 aromatic carbocycles. The molecule has 7 heteroatoms. The van der Waals surface area contributed by atoms with E-state index in [0.717, 1.165) is 15.6 Å². The molecule has 0 radical (unpaired) electrons. The summed E-state index contributed by atoms with van der Waals surface area (Å²) in [4.78, 5) is 27.4. The zero-order valence-electron chi connectivity index (χ0n) is 14.4. The minimum Gasteiger partial charge on any atom is -0.490 e. The van der Waals surface area contributed by atoms with Gasteiger partial charge in [0.1, 0.15) is 5.75 Å². The van der Waals surface area contributed by atoms with Crippen LogP contribution in [0.15, 0.2) is 61.6 Å². The van der Waals surface area contributed by atoms with E-state index in [-0.39, 0.29) is 6.10 Å². The number of aromatic amines is 1. The van der Waals surface area contributed by atoms with Crippen LogP contribution in [0, 0.1) is 0 Å². The fourth-order valence-electron chi connectivity index (χ4n) is 2.41. The molecule has 0 unspecified atom stereocenters. The second-order valence-corrected chi connectivity index (χ2v) is 6.77. The van der Waals surface area contributed by atoms with E-state index < -0.39 is 11.2 Å². The average Bonchev–Trinajstić information content (AvgIpc) is 2.63. The van der Waals surface area contributed by atoms with Gasteiger partial charge in [0.2, 0.25) is 0 Å². The van der Waals surface area contributed by atoms with E-state index in [1.54, 1.807) is 24.3 Å². The molecule has 1 aromatic heterocycles. The van der Waals surface area contributed by atoms with Crippen LogP contribution in [0.25, 0.3) is 10.9 Å². The summed E-state index contributed by atoms with van der Waals surface area (Å²) < 4.78 is 7.54. The minimum atomic E-state index is -0.593. The van der Waals surface area contributed by atoms with Gasteiger partial charge in [-0.15, -0.1) is 4.68 Å². The quantitative estimate of drug-likeness (QED) is 0.647. The van der Waals surface area contributed by atoms with Gasteiger partial charge in [-0.3, -0.25) is 4.79 Å².